The minimum absolute atomic E-state index is 0.0543. The molecule has 0 saturated heterocycles. The number of rotatable bonds is 10. The van der Waals surface area contributed by atoms with E-state index >= 15 is 0 Å². The molecule has 1 aliphatic heterocycles. The fourth-order valence-electron chi connectivity index (χ4n) is 3.33. The monoisotopic (exact) mass is 434 g/mol. The lowest BCUT2D eigenvalue weighted by Gasteiger charge is -2.27. The molecule has 0 saturated carbocycles. The van der Waals surface area contributed by atoms with Gasteiger partial charge < -0.3 is 14.7 Å². The maximum Gasteiger partial charge on any atom is 0.145 e. The van der Waals surface area contributed by atoms with Crippen molar-refractivity contribution in [3.8, 4) is 0 Å². The number of aliphatic hydroxyl groups is 1. The zero-order valence-electron chi connectivity index (χ0n) is 17.3. The minimum atomic E-state index is -0.633. The van der Waals surface area contributed by atoms with Gasteiger partial charge in [0.1, 0.15) is 11.9 Å². The second kappa shape index (κ2) is 10.9. The van der Waals surface area contributed by atoms with Gasteiger partial charge in [-0.1, -0.05) is 41.0 Å². The number of aliphatic hydroxyl groups excluding tert-OH is 1. The average Bonchev–Trinajstić information content (AvgIpc) is 3.17. The summed E-state index contributed by atoms with van der Waals surface area (Å²) in [5, 5.41) is 15.3. The van der Waals surface area contributed by atoms with Crippen LogP contribution in [-0.2, 0) is 16.1 Å². The molecule has 0 radical (unpaired) electrons. The third kappa shape index (κ3) is 7.06. The van der Waals surface area contributed by atoms with Gasteiger partial charge in [-0.2, -0.15) is 0 Å². The van der Waals surface area contributed by atoms with Crippen molar-refractivity contribution in [2.45, 2.75) is 45.1 Å². The van der Waals surface area contributed by atoms with Crippen molar-refractivity contribution in [1.29, 1.82) is 0 Å². The van der Waals surface area contributed by atoms with Gasteiger partial charge in [0, 0.05) is 31.1 Å². The van der Waals surface area contributed by atoms with Gasteiger partial charge in [-0.25, -0.2) is 4.39 Å². The van der Waals surface area contributed by atoms with E-state index in [2.05, 4.69) is 10.1 Å². The van der Waals surface area contributed by atoms with Crippen LogP contribution in [0.15, 0.2) is 53.7 Å². The first-order chi connectivity index (χ1) is 14.4. The highest BCUT2D eigenvalue weighted by molar-refractivity contribution is 6.30. The van der Waals surface area contributed by atoms with E-state index in [1.807, 2.05) is 38.1 Å². The summed E-state index contributed by atoms with van der Waals surface area (Å²) in [6.45, 7) is 5.69. The molecule has 0 aromatic heterocycles. The molecule has 1 N–H and O–H groups in total. The molecule has 7 heteroatoms. The molecule has 0 aliphatic carbocycles. The lowest BCUT2D eigenvalue weighted by atomic mass is 10.0. The van der Waals surface area contributed by atoms with Crippen LogP contribution in [-0.4, -0.2) is 53.7 Å². The van der Waals surface area contributed by atoms with Crippen molar-refractivity contribution in [1.82, 2.24) is 4.90 Å². The van der Waals surface area contributed by atoms with Crippen molar-refractivity contribution < 1.29 is 19.1 Å². The Morgan fingerprint density at radius 1 is 1.20 bits per heavy atom. The van der Waals surface area contributed by atoms with Crippen molar-refractivity contribution in [3.05, 3.63) is 70.5 Å². The summed E-state index contributed by atoms with van der Waals surface area (Å²) >= 11 is 5.96. The van der Waals surface area contributed by atoms with Crippen LogP contribution in [0.2, 0.25) is 5.02 Å². The summed E-state index contributed by atoms with van der Waals surface area (Å²) in [5.74, 6) is -0.268. The van der Waals surface area contributed by atoms with Crippen LogP contribution in [0.25, 0.3) is 0 Å². The predicted octanol–water partition coefficient (Wildman–Crippen LogP) is 4.26. The van der Waals surface area contributed by atoms with Crippen molar-refractivity contribution >= 4 is 17.3 Å². The van der Waals surface area contributed by atoms with E-state index in [4.69, 9.17) is 21.2 Å². The van der Waals surface area contributed by atoms with Gasteiger partial charge in [0.2, 0.25) is 0 Å². The Balaban J connectivity index is 1.61. The Hall–Kier alpha value is -1.99. The molecule has 5 nitrogen and oxygen atoms in total. The molecule has 162 valence electrons. The van der Waals surface area contributed by atoms with E-state index in [-0.39, 0.29) is 24.6 Å². The number of nitrogens with zero attached hydrogens (tertiary/aromatic N) is 2. The summed E-state index contributed by atoms with van der Waals surface area (Å²) in [7, 11) is 0. The summed E-state index contributed by atoms with van der Waals surface area (Å²) in [6, 6.07) is 13.9. The minimum Gasteiger partial charge on any atom is -0.390 e. The van der Waals surface area contributed by atoms with E-state index in [0.717, 1.165) is 16.8 Å². The first-order valence-corrected chi connectivity index (χ1v) is 10.5. The van der Waals surface area contributed by atoms with E-state index in [0.29, 0.717) is 31.1 Å². The Morgan fingerprint density at radius 2 is 1.90 bits per heavy atom. The van der Waals surface area contributed by atoms with Crippen LogP contribution in [0.4, 0.5) is 4.39 Å². The molecule has 2 aromatic carbocycles. The van der Waals surface area contributed by atoms with Gasteiger partial charge in [0.25, 0.3) is 0 Å². The Kier molecular flexibility index (Phi) is 8.22. The summed E-state index contributed by atoms with van der Waals surface area (Å²) in [4.78, 5) is 7.75. The van der Waals surface area contributed by atoms with Crippen LogP contribution in [0.1, 0.15) is 31.4 Å². The van der Waals surface area contributed by atoms with E-state index < -0.39 is 6.10 Å². The van der Waals surface area contributed by atoms with Crippen LogP contribution in [0.3, 0.4) is 0 Å². The number of ether oxygens (including phenoxy) is 1. The molecule has 0 bridgehead atoms. The Bertz CT molecular complexity index is 827. The van der Waals surface area contributed by atoms with Gasteiger partial charge in [0.15, 0.2) is 0 Å². The first kappa shape index (κ1) is 22.7. The first-order valence-electron chi connectivity index (χ1n) is 10.1. The lowest BCUT2D eigenvalue weighted by Crippen LogP contribution is -2.39. The van der Waals surface area contributed by atoms with Gasteiger partial charge in [-0.05, 0) is 49.2 Å². The number of oxime groups is 1. The van der Waals surface area contributed by atoms with Crippen molar-refractivity contribution in [3.63, 3.8) is 0 Å². The number of hydrogen-bond acceptors (Lipinski definition) is 5. The molecule has 0 spiro atoms. The maximum absolute atomic E-state index is 13.3. The third-order valence-corrected chi connectivity index (χ3v) is 5.03. The molecule has 2 atom stereocenters. The molecular weight excluding hydrogens is 407 g/mol. The smallest absolute Gasteiger partial charge is 0.145 e. The largest absolute Gasteiger partial charge is 0.390 e. The molecule has 3 rings (SSSR count). The Labute approximate surface area is 182 Å². The predicted molar refractivity (Wildman–Crippen MR) is 116 cm³/mol. The quantitative estimate of drug-likeness (QED) is 0.607. The second-order valence-electron chi connectivity index (χ2n) is 7.83. The van der Waals surface area contributed by atoms with Gasteiger partial charge >= 0.3 is 0 Å². The molecule has 0 amide bonds. The third-order valence-electron chi connectivity index (χ3n) is 4.78. The van der Waals surface area contributed by atoms with E-state index in [1.54, 1.807) is 12.1 Å². The lowest BCUT2D eigenvalue weighted by molar-refractivity contribution is -0.0194. The normalized spacial score (nSPS) is 17.3. The summed E-state index contributed by atoms with van der Waals surface area (Å²) < 4.78 is 18.8. The van der Waals surface area contributed by atoms with E-state index in [1.165, 1.54) is 12.1 Å². The molecular formula is C23H28ClFN2O3. The standard InChI is InChI=1S/C23H28ClFN2O3/c1-16(2)29-15-21(28)13-27(12-17-3-9-20(25)10-4-17)14-22-11-23(26-30-22)18-5-7-19(24)8-6-18/h3-10,16,21-22,28H,11-15H2,1-2H3/t21-,22-/m1/s1. The highest BCUT2D eigenvalue weighted by Gasteiger charge is 2.26. The molecule has 30 heavy (non-hydrogen) atoms. The maximum atomic E-state index is 13.3. The van der Waals surface area contributed by atoms with Crippen molar-refractivity contribution in [2.24, 2.45) is 5.16 Å². The van der Waals surface area contributed by atoms with Gasteiger partial charge in [-0.3, -0.25) is 4.90 Å². The highest BCUT2D eigenvalue weighted by atomic mass is 35.5. The van der Waals surface area contributed by atoms with Gasteiger partial charge in [0.05, 0.1) is 24.5 Å². The molecule has 1 heterocycles. The molecule has 0 unspecified atom stereocenters. The fraction of sp³-hybridized carbons (Fsp3) is 0.435. The topological polar surface area (TPSA) is 54.3 Å². The van der Waals surface area contributed by atoms with Crippen LogP contribution >= 0.6 is 11.6 Å². The number of hydrogen-bond donors (Lipinski definition) is 1. The van der Waals surface area contributed by atoms with Crippen LogP contribution in [0.5, 0.6) is 0 Å². The Morgan fingerprint density at radius 3 is 2.57 bits per heavy atom. The summed E-state index contributed by atoms with van der Waals surface area (Å²) in [6.07, 6.45) is -0.0425. The molecule has 0 fully saturated rings. The number of benzene rings is 2. The average molecular weight is 435 g/mol. The SMILES string of the molecule is CC(C)OC[C@H](O)CN(Cc1ccc(F)cc1)C[C@H]1CC(c2ccc(Cl)cc2)=NO1. The van der Waals surface area contributed by atoms with Crippen LogP contribution in [0, 0.1) is 5.82 Å². The van der Waals surface area contributed by atoms with Gasteiger partial charge in [-0.15, -0.1) is 0 Å². The summed E-state index contributed by atoms with van der Waals surface area (Å²) in [5.41, 5.74) is 2.82. The van der Waals surface area contributed by atoms with E-state index in [9.17, 15) is 9.50 Å². The zero-order valence-corrected chi connectivity index (χ0v) is 18.1. The fourth-order valence-corrected chi connectivity index (χ4v) is 3.46. The second-order valence-corrected chi connectivity index (χ2v) is 8.27. The van der Waals surface area contributed by atoms with Crippen molar-refractivity contribution in [2.75, 3.05) is 19.7 Å². The highest BCUT2D eigenvalue weighted by Crippen LogP contribution is 2.20. The number of halogens is 2. The van der Waals surface area contributed by atoms with Crippen LogP contribution < -0.4 is 0 Å². The molecule has 2 aromatic rings. The zero-order chi connectivity index (χ0) is 21.5. The molecule has 1 aliphatic rings.